The molecule has 9 heteroatoms. The highest BCUT2D eigenvalue weighted by atomic mass is 16.5. The molecule has 2 heterocycles. The van der Waals surface area contributed by atoms with Gasteiger partial charge in [-0.25, -0.2) is 9.97 Å². The number of aromatic nitrogens is 2. The van der Waals surface area contributed by atoms with Gasteiger partial charge in [-0.15, -0.1) is 0 Å². The van der Waals surface area contributed by atoms with Gasteiger partial charge in [0.15, 0.2) is 11.5 Å². The molecule has 1 unspecified atom stereocenters. The van der Waals surface area contributed by atoms with Gasteiger partial charge in [0.2, 0.25) is 17.8 Å². The van der Waals surface area contributed by atoms with Crippen molar-refractivity contribution in [2.45, 2.75) is 26.7 Å². The Morgan fingerprint density at radius 2 is 1.72 bits per heavy atom. The molecule has 0 saturated carbocycles. The Labute approximate surface area is 210 Å². The first kappa shape index (κ1) is 25.0. The van der Waals surface area contributed by atoms with Crippen LogP contribution in [0.15, 0.2) is 48.5 Å². The lowest BCUT2D eigenvalue weighted by Gasteiger charge is -2.17. The van der Waals surface area contributed by atoms with Gasteiger partial charge in [-0.3, -0.25) is 9.59 Å². The Bertz CT molecular complexity index is 1240. The highest BCUT2D eigenvalue weighted by molar-refractivity contribution is 5.97. The summed E-state index contributed by atoms with van der Waals surface area (Å²) in [5.41, 5.74) is 4.18. The number of hydrogen-bond donors (Lipinski definition) is 2. The molecule has 2 amide bonds. The molecular formula is C27H31N5O4. The van der Waals surface area contributed by atoms with Crippen LogP contribution in [0.2, 0.25) is 0 Å². The predicted octanol–water partition coefficient (Wildman–Crippen LogP) is 3.88. The summed E-state index contributed by atoms with van der Waals surface area (Å²) in [6, 6.07) is 15.0. The number of amides is 2. The molecule has 1 fully saturated rings. The molecule has 0 radical (unpaired) electrons. The predicted molar refractivity (Wildman–Crippen MR) is 138 cm³/mol. The lowest BCUT2D eigenvalue weighted by molar-refractivity contribution is -0.128. The van der Waals surface area contributed by atoms with Crippen molar-refractivity contribution in [2.24, 2.45) is 5.92 Å². The Hall–Kier alpha value is -4.14. The zero-order valence-electron chi connectivity index (χ0n) is 21.0. The monoisotopic (exact) mass is 489 g/mol. The fourth-order valence-corrected chi connectivity index (χ4v) is 4.29. The Balaban J connectivity index is 1.33. The molecule has 0 aliphatic carbocycles. The number of carbonyl (C=O) groups is 2. The van der Waals surface area contributed by atoms with Crippen LogP contribution in [0.4, 0.5) is 17.3 Å². The number of rotatable bonds is 9. The molecule has 9 nitrogen and oxygen atoms in total. The van der Waals surface area contributed by atoms with Gasteiger partial charge in [-0.2, -0.15) is 0 Å². The second kappa shape index (κ2) is 11.1. The second-order valence-electron chi connectivity index (χ2n) is 8.85. The van der Waals surface area contributed by atoms with E-state index in [-0.39, 0.29) is 18.2 Å². The average Bonchev–Trinajstić information content (AvgIpc) is 3.22. The van der Waals surface area contributed by atoms with Crippen LogP contribution in [0.1, 0.15) is 23.4 Å². The average molecular weight is 490 g/mol. The molecule has 1 aliphatic rings. The van der Waals surface area contributed by atoms with E-state index in [0.29, 0.717) is 42.6 Å². The van der Waals surface area contributed by atoms with E-state index in [9.17, 15) is 9.59 Å². The lowest BCUT2D eigenvalue weighted by atomic mass is 10.1. The maximum atomic E-state index is 12.9. The van der Waals surface area contributed by atoms with Crippen LogP contribution in [0, 0.1) is 19.8 Å². The zero-order valence-corrected chi connectivity index (χ0v) is 21.0. The fraction of sp³-hybridized carbons (Fsp3) is 0.333. The largest absolute Gasteiger partial charge is 0.493 e. The lowest BCUT2D eigenvalue weighted by Crippen LogP contribution is -2.30. The van der Waals surface area contributed by atoms with E-state index in [1.807, 2.05) is 62.4 Å². The van der Waals surface area contributed by atoms with E-state index in [2.05, 4.69) is 20.6 Å². The molecule has 1 aliphatic heterocycles. The van der Waals surface area contributed by atoms with Gasteiger partial charge in [-0.1, -0.05) is 12.1 Å². The zero-order chi connectivity index (χ0) is 25.7. The molecule has 0 spiro atoms. The summed E-state index contributed by atoms with van der Waals surface area (Å²) in [6.07, 6.45) is 0.862. The molecule has 2 N–H and O–H groups in total. The normalized spacial score (nSPS) is 15.1. The summed E-state index contributed by atoms with van der Waals surface area (Å²) in [6.45, 7) is 4.76. The molecular weight excluding hydrogens is 458 g/mol. The Morgan fingerprint density at radius 1 is 1.00 bits per heavy atom. The molecule has 3 aromatic rings. The highest BCUT2D eigenvalue weighted by Crippen LogP contribution is 2.28. The number of aryl methyl sites for hydroxylation is 2. The van der Waals surface area contributed by atoms with Crippen molar-refractivity contribution < 1.29 is 19.1 Å². The molecule has 0 bridgehead atoms. The summed E-state index contributed by atoms with van der Waals surface area (Å²) in [5, 5.41) is 6.12. The van der Waals surface area contributed by atoms with E-state index in [1.165, 1.54) is 0 Å². The molecule has 2 aromatic carbocycles. The minimum atomic E-state index is -0.401. The summed E-state index contributed by atoms with van der Waals surface area (Å²) < 4.78 is 10.6. The van der Waals surface area contributed by atoms with Gasteiger partial charge in [0.05, 0.1) is 20.1 Å². The fourth-order valence-electron chi connectivity index (χ4n) is 4.29. The van der Waals surface area contributed by atoms with Crippen LogP contribution >= 0.6 is 0 Å². The minimum Gasteiger partial charge on any atom is -0.493 e. The number of hydrogen-bond acceptors (Lipinski definition) is 7. The van der Waals surface area contributed by atoms with Gasteiger partial charge in [-0.05, 0) is 62.2 Å². The molecule has 4 rings (SSSR count). The first-order valence-electron chi connectivity index (χ1n) is 11.8. The van der Waals surface area contributed by atoms with Gasteiger partial charge >= 0.3 is 0 Å². The maximum Gasteiger partial charge on any atom is 0.229 e. The van der Waals surface area contributed by atoms with Crippen molar-refractivity contribution in [3.05, 3.63) is 65.5 Å². The summed E-state index contributed by atoms with van der Waals surface area (Å²) in [7, 11) is 3.19. The molecule has 36 heavy (non-hydrogen) atoms. The van der Waals surface area contributed by atoms with Crippen molar-refractivity contribution >= 4 is 29.1 Å². The number of nitrogens with zero attached hydrogens (tertiary/aromatic N) is 3. The summed E-state index contributed by atoms with van der Waals surface area (Å²) in [4.78, 5) is 36.0. The smallest absolute Gasteiger partial charge is 0.229 e. The Morgan fingerprint density at radius 3 is 2.44 bits per heavy atom. The SMILES string of the molecule is COc1ccc(CCN2CC(C(=O)Nc3cccc(Nc4nc(C)cc(C)n4)c3)CC2=O)cc1OC. The van der Waals surface area contributed by atoms with E-state index in [4.69, 9.17) is 9.47 Å². The van der Waals surface area contributed by atoms with E-state index in [0.717, 1.165) is 22.6 Å². The topological polar surface area (TPSA) is 106 Å². The van der Waals surface area contributed by atoms with Crippen LogP contribution < -0.4 is 20.1 Å². The van der Waals surface area contributed by atoms with Crippen LogP contribution in [0.25, 0.3) is 0 Å². The first-order valence-corrected chi connectivity index (χ1v) is 11.8. The Kier molecular flexibility index (Phi) is 7.68. The van der Waals surface area contributed by atoms with E-state index < -0.39 is 5.92 Å². The third-order valence-corrected chi connectivity index (χ3v) is 6.07. The van der Waals surface area contributed by atoms with Crippen molar-refractivity contribution in [3.63, 3.8) is 0 Å². The molecule has 188 valence electrons. The van der Waals surface area contributed by atoms with Crippen LogP contribution in [-0.2, 0) is 16.0 Å². The number of anilines is 3. The van der Waals surface area contributed by atoms with Crippen LogP contribution in [0.3, 0.4) is 0 Å². The minimum absolute atomic E-state index is 0.0157. The summed E-state index contributed by atoms with van der Waals surface area (Å²) >= 11 is 0. The van der Waals surface area contributed by atoms with Gasteiger partial charge in [0.25, 0.3) is 0 Å². The number of carbonyl (C=O) groups excluding carboxylic acids is 2. The number of benzene rings is 2. The standard InChI is InChI=1S/C27H31N5O4/c1-17-12-18(2)29-27(28-17)31-22-7-5-6-21(15-22)30-26(34)20-14-25(33)32(16-20)11-10-19-8-9-23(35-3)24(13-19)36-4/h5-9,12-13,15,20H,10-11,14,16H2,1-4H3,(H,30,34)(H,28,29,31). The number of ether oxygens (including phenoxy) is 2. The highest BCUT2D eigenvalue weighted by Gasteiger charge is 2.34. The van der Waals surface area contributed by atoms with Crippen molar-refractivity contribution in [3.8, 4) is 11.5 Å². The first-order chi connectivity index (χ1) is 17.3. The quantitative estimate of drug-likeness (QED) is 0.470. The van der Waals surface area contributed by atoms with Gasteiger partial charge < -0.3 is 25.0 Å². The number of likely N-dealkylation sites (tertiary alicyclic amines) is 1. The van der Waals surface area contributed by atoms with Gasteiger partial charge in [0.1, 0.15) is 0 Å². The third-order valence-electron chi connectivity index (χ3n) is 6.07. The number of methoxy groups -OCH3 is 2. The van der Waals surface area contributed by atoms with E-state index in [1.54, 1.807) is 19.1 Å². The maximum absolute atomic E-state index is 12.9. The van der Waals surface area contributed by atoms with Crippen molar-refractivity contribution in [2.75, 3.05) is 37.9 Å². The molecule has 1 atom stereocenters. The summed E-state index contributed by atoms with van der Waals surface area (Å²) in [5.74, 6) is 1.23. The van der Waals surface area contributed by atoms with E-state index >= 15 is 0 Å². The molecule has 1 saturated heterocycles. The van der Waals surface area contributed by atoms with Crippen LogP contribution in [0.5, 0.6) is 11.5 Å². The van der Waals surface area contributed by atoms with Crippen molar-refractivity contribution in [1.29, 1.82) is 0 Å². The van der Waals surface area contributed by atoms with Gasteiger partial charge in [0, 0.05) is 42.3 Å². The third kappa shape index (κ3) is 6.10. The second-order valence-corrected chi connectivity index (χ2v) is 8.85. The van der Waals surface area contributed by atoms with Crippen molar-refractivity contribution in [1.82, 2.24) is 14.9 Å². The number of nitrogens with one attached hydrogen (secondary N) is 2. The van der Waals surface area contributed by atoms with Crippen LogP contribution in [-0.4, -0.2) is 54.0 Å². The molecule has 1 aromatic heterocycles.